The standard InChI is InChI=1S/C10H11O.Li/c1-8(2)9-4-6-10(11-3)7-5-9;/h4,6-7H,1H2,2-3H3;/q-1;+1. The minimum absolute atomic E-state index is 0. The Morgan fingerprint density at radius 2 is 2.17 bits per heavy atom. The number of hydrogen-bond donors (Lipinski definition) is 0. The largest absolute Gasteiger partial charge is 1.00 e. The molecule has 0 saturated carbocycles. The molecule has 0 spiro atoms. The molecule has 1 aromatic carbocycles. The molecule has 0 amide bonds. The molecule has 0 aromatic heterocycles. The monoisotopic (exact) mass is 154 g/mol. The van der Waals surface area contributed by atoms with Crippen molar-refractivity contribution in [3.63, 3.8) is 0 Å². The molecule has 0 N–H and O–H groups in total. The molecule has 2 heteroatoms. The molecule has 0 atom stereocenters. The van der Waals surface area contributed by atoms with Crippen LogP contribution in [0.1, 0.15) is 12.5 Å². The van der Waals surface area contributed by atoms with Gasteiger partial charge in [-0.3, -0.25) is 0 Å². The molecule has 1 aromatic rings. The maximum atomic E-state index is 4.99. The fraction of sp³-hybridized carbons (Fsp3) is 0.200. The van der Waals surface area contributed by atoms with Gasteiger partial charge in [-0.05, 0) is 0 Å². The van der Waals surface area contributed by atoms with E-state index in [1.807, 2.05) is 25.1 Å². The zero-order chi connectivity index (χ0) is 8.27. The summed E-state index contributed by atoms with van der Waals surface area (Å²) < 4.78 is 4.99. The third-order valence-electron chi connectivity index (χ3n) is 1.48. The molecular weight excluding hydrogens is 143 g/mol. The van der Waals surface area contributed by atoms with Gasteiger partial charge in [0, 0.05) is 5.75 Å². The molecule has 0 unspecified atom stereocenters. The number of ether oxygens (including phenoxy) is 1. The first-order valence-electron chi connectivity index (χ1n) is 3.45. The predicted octanol–water partition coefficient (Wildman–Crippen LogP) is -0.468. The molecule has 0 aliphatic heterocycles. The fourth-order valence-electron chi connectivity index (χ4n) is 0.803. The topological polar surface area (TPSA) is 9.23 Å². The van der Waals surface area contributed by atoms with Crippen LogP contribution in [-0.4, -0.2) is 7.11 Å². The van der Waals surface area contributed by atoms with Crippen molar-refractivity contribution in [1.29, 1.82) is 0 Å². The molecule has 0 fully saturated rings. The Morgan fingerprint density at radius 1 is 1.50 bits per heavy atom. The van der Waals surface area contributed by atoms with Crippen molar-refractivity contribution < 1.29 is 23.6 Å². The van der Waals surface area contributed by atoms with Crippen LogP contribution in [0.4, 0.5) is 0 Å². The predicted molar refractivity (Wildman–Crippen MR) is 46.5 cm³/mol. The summed E-state index contributed by atoms with van der Waals surface area (Å²) in [5, 5.41) is 0. The molecule has 0 aliphatic rings. The second kappa shape index (κ2) is 5.08. The summed E-state index contributed by atoms with van der Waals surface area (Å²) in [4.78, 5) is 0. The Balaban J connectivity index is 0.00000121. The van der Waals surface area contributed by atoms with Gasteiger partial charge < -0.3 is 4.74 Å². The zero-order valence-electron chi connectivity index (χ0n) is 7.85. The molecule has 0 bridgehead atoms. The van der Waals surface area contributed by atoms with Gasteiger partial charge >= 0.3 is 18.9 Å². The van der Waals surface area contributed by atoms with E-state index in [9.17, 15) is 0 Å². The van der Waals surface area contributed by atoms with Gasteiger partial charge in [0.1, 0.15) is 0 Å². The number of rotatable bonds is 2. The molecule has 0 aliphatic carbocycles. The van der Waals surface area contributed by atoms with Crippen molar-refractivity contribution in [3.8, 4) is 5.75 Å². The van der Waals surface area contributed by atoms with Crippen LogP contribution in [-0.2, 0) is 0 Å². The third-order valence-corrected chi connectivity index (χ3v) is 1.48. The van der Waals surface area contributed by atoms with E-state index < -0.39 is 0 Å². The number of benzene rings is 1. The summed E-state index contributed by atoms with van der Waals surface area (Å²) in [5.74, 6) is 0.829. The molecule has 0 saturated heterocycles. The first-order chi connectivity index (χ1) is 5.24. The summed E-state index contributed by atoms with van der Waals surface area (Å²) in [7, 11) is 1.64. The van der Waals surface area contributed by atoms with Crippen molar-refractivity contribution in [2.45, 2.75) is 6.92 Å². The van der Waals surface area contributed by atoms with Gasteiger partial charge in [-0.1, -0.05) is 6.92 Å². The summed E-state index contributed by atoms with van der Waals surface area (Å²) in [5.41, 5.74) is 2.05. The van der Waals surface area contributed by atoms with Gasteiger partial charge in [-0.25, -0.2) is 0 Å². The Labute approximate surface area is 85.6 Å². The zero-order valence-corrected chi connectivity index (χ0v) is 7.85. The quantitative estimate of drug-likeness (QED) is 0.413. The van der Waals surface area contributed by atoms with Gasteiger partial charge in [-0.15, -0.1) is 42.0 Å². The second-order valence-corrected chi connectivity index (χ2v) is 2.42. The average Bonchev–Trinajstić information content (AvgIpc) is 2.05. The minimum Gasteiger partial charge on any atom is -0.540 e. The van der Waals surface area contributed by atoms with Crippen molar-refractivity contribution in [3.05, 3.63) is 36.4 Å². The van der Waals surface area contributed by atoms with Crippen LogP contribution >= 0.6 is 0 Å². The number of hydrogen-bond acceptors (Lipinski definition) is 1. The Kier molecular flexibility index (Phi) is 4.81. The van der Waals surface area contributed by atoms with Crippen molar-refractivity contribution in [2.75, 3.05) is 7.11 Å². The van der Waals surface area contributed by atoms with Crippen molar-refractivity contribution >= 4 is 5.57 Å². The van der Waals surface area contributed by atoms with E-state index in [2.05, 4.69) is 12.6 Å². The normalized spacial score (nSPS) is 8.50. The molecule has 0 heterocycles. The van der Waals surface area contributed by atoms with E-state index in [0.29, 0.717) is 0 Å². The van der Waals surface area contributed by atoms with E-state index >= 15 is 0 Å². The maximum Gasteiger partial charge on any atom is 1.00 e. The Morgan fingerprint density at radius 3 is 2.50 bits per heavy atom. The van der Waals surface area contributed by atoms with E-state index in [4.69, 9.17) is 4.74 Å². The Bertz CT molecular complexity index is 251. The van der Waals surface area contributed by atoms with Gasteiger partial charge in [0.2, 0.25) is 0 Å². The van der Waals surface area contributed by atoms with Crippen LogP contribution in [0.25, 0.3) is 5.57 Å². The molecular formula is C10H11LiO. The van der Waals surface area contributed by atoms with Gasteiger partial charge in [0.05, 0.1) is 7.11 Å². The maximum absolute atomic E-state index is 4.99. The van der Waals surface area contributed by atoms with E-state index in [1.165, 1.54) is 0 Å². The summed E-state index contributed by atoms with van der Waals surface area (Å²) in [6.45, 7) is 5.77. The molecule has 1 rings (SSSR count). The molecule has 0 radical (unpaired) electrons. The van der Waals surface area contributed by atoms with Crippen LogP contribution < -0.4 is 23.6 Å². The van der Waals surface area contributed by atoms with E-state index in [0.717, 1.165) is 16.9 Å². The van der Waals surface area contributed by atoms with Crippen molar-refractivity contribution in [2.24, 2.45) is 0 Å². The second-order valence-electron chi connectivity index (χ2n) is 2.42. The van der Waals surface area contributed by atoms with Crippen LogP contribution in [0, 0.1) is 6.07 Å². The Hall–Kier alpha value is -0.643. The van der Waals surface area contributed by atoms with Gasteiger partial charge in [0.15, 0.2) is 0 Å². The number of allylic oxidation sites excluding steroid dienone is 1. The smallest absolute Gasteiger partial charge is 0.540 e. The minimum atomic E-state index is 0. The molecule has 12 heavy (non-hydrogen) atoms. The van der Waals surface area contributed by atoms with Crippen LogP contribution in [0.2, 0.25) is 0 Å². The van der Waals surface area contributed by atoms with Gasteiger partial charge in [0.25, 0.3) is 0 Å². The summed E-state index contributed by atoms with van der Waals surface area (Å²) in [6.07, 6.45) is 0. The number of methoxy groups -OCH3 is 1. The summed E-state index contributed by atoms with van der Waals surface area (Å²) >= 11 is 0. The van der Waals surface area contributed by atoms with Gasteiger partial charge in [-0.2, -0.15) is 0 Å². The molecule has 58 valence electrons. The van der Waals surface area contributed by atoms with Crippen LogP contribution in [0.3, 0.4) is 0 Å². The molecule has 1 nitrogen and oxygen atoms in total. The fourth-order valence-corrected chi connectivity index (χ4v) is 0.803. The first kappa shape index (κ1) is 11.4. The van der Waals surface area contributed by atoms with Crippen LogP contribution in [0.15, 0.2) is 24.8 Å². The summed E-state index contributed by atoms with van der Waals surface area (Å²) in [6, 6.07) is 8.72. The SMILES string of the molecule is C=C(C)c1[c-]cc(OC)cc1.[Li+]. The van der Waals surface area contributed by atoms with E-state index in [-0.39, 0.29) is 18.9 Å². The van der Waals surface area contributed by atoms with Crippen molar-refractivity contribution in [1.82, 2.24) is 0 Å². The first-order valence-corrected chi connectivity index (χ1v) is 3.45. The van der Waals surface area contributed by atoms with E-state index in [1.54, 1.807) is 7.11 Å². The third kappa shape index (κ3) is 2.77. The van der Waals surface area contributed by atoms with Crippen LogP contribution in [0.5, 0.6) is 5.75 Å². The average molecular weight is 154 g/mol.